The zero-order valence-corrected chi connectivity index (χ0v) is 17.0. The Morgan fingerprint density at radius 2 is 2.00 bits per heavy atom. The Labute approximate surface area is 175 Å². The normalized spacial score (nSPS) is 29.6. The van der Waals surface area contributed by atoms with Crippen LogP contribution in [0.2, 0.25) is 0 Å². The molecular formula is C24H27N3O3. The van der Waals surface area contributed by atoms with Crippen molar-refractivity contribution in [3.8, 4) is 5.75 Å². The fourth-order valence-electron chi connectivity index (χ4n) is 6.70. The van der Waals surface area contributed by atoms with Gasteiger partial charge in [-0.15, -0.1) is 0 Å². The molecule has 1 saturated heterocycles. The number of phenolic OH excluding ortho intramolecular Hbond substituents is 1. The molecule has 30 heavy (non-hydrogen) atoms. The molecule has 156 valence electrons. The highest BCUT2D eigenvalue weighted by Crippen LogP contribution is 2.62. The van der Waals surface area contributed by atoms with Gasteiger partial charge in [-0.2, -0.15) is 0 Å². The number of nitrogens with zero attached hydrogens (tertiary/aromatic N) is 1. The molecule has 4 aliphatic rings. The van der Waals surface area contributed by atoms with Crippen molar-refractivity contribution in [1.82, 2.24) is 9.88 Å². The number of aromatic nitrogens is 1. The maximum atomic E-state index is 12.5. The molecule has 6 nitrogen and oxygen atoms in total. The van der Waals surface area contributed by atoms with Gasteiger partial charge < -0.3 is 20.7 Å². The topological polar surface area (TPSA) is 99.4 Å². The number of H-pyrrole nitrogens is 1. The van der Waals surface area contributed by atoms with Gasteiger partial charge in [0, 0.05) is 29.6 Å². The van der Waals surface area contributed by atoms with Gasteiger partial charge >= 0.3 is 0 Å². The number of pyridine rings is 1. The number of nitrogens with one attached hydrogen (secondary N) is 1. The van der Waals surface area contributed by atoms with E-state index in [1.807, 2.05) is 6.07 Å². The Hall–Kier alpha value is -2.60. The third-order valence-corrected chi connectivity index (χ3v) is 8.24. The first-order valence-corrected chi connectivity index (χ1v) is 11.0. The molecule has 6 heteroatoms. The van der Waals surface area contributed by atoms with E-state index >= 15 is 0 Å². The van der Waals surface area contributed by atoms with E-state index in [1.54, 1.807) is 12.1 Å². The van der Waals surface area contributed by atoms with Crippen LogP contribution in [0.25, 0.3) is 0 Å². The van der Waals surface area contributed by atoms with E-state index in [4.69, 9.17) is 5.73 Å². The molecule has 0 bridgehead atoms. The molecule has 1 saturated carbocycles. The Morgan fingerprint density at radius 1 is 1.20 bits per heavy atom. The maximum absolute atomic E-state index is 12.5. The number of hydrogen-bond acceptors (Lipinski definition) is 4. The first kappa shape index (κ1) is 18.2. The largest absolute Gasteiger partial charge is 0.508 e. The van der Waals surface area contributed by atoms with E-state index in [2.05, 4.69) is 16.0 Å². The number of nitrogens with two attached hydrogens (primary N) is 1. The number of piperidine rings is 1. The molecule has 2 aromatic rings. The molecule has 1 amide bonds. The number of rotatable bonds is 3. The summed E-state index contributed by atoms with van der Waals surface area (Å²) >= 11 is 0. The van der Waals surface area contributed by atoms with Crippen molar-refractivity contribution in [2.45, 2.75) is 43.9 Å². The van der Waals surface area contributed by atoms with Crippen LogP contribution in [0, 0.1) is 11.3 Å². The first-order chi connectivity index (χ1) is 14.4. The second-order valence-electron chi connectivity index (χ2n) is 10.0. The maximum Gasteiger partial charge on any atom is 0.261 e. The van der Waals surface area contributed by atoms with Crippen molar-refractivity contribution in [1.29, 1.82) is 0 Å². The van der Waals surface area contributed by atoms with Crippen LogP contribution in [0.15, 0.2) is 29.1 Å². The minimum Gasteiger partial charge on any atom is -0.508 e. The number of aromatic amines is 1. The summed E-state index contributed by atoms with van der Waals surface area (Å²) in [6.07, 6.45) is 6.23. The third-order valence-electron chi connectivity index (χ3n) is 8.24. The van der Waals surface area contributed by atoms with Crippen molar-refractivity contribution in [2.75, 3.05) is 19.6 Å². The van der Waals surface area contributed by atoms with Crippen LogP contribution >= 0.6 is 0 Å². The van der Waals surface area contributed by atoms with Crippen molar-refractivity contribution in [3.05, 3.63) is 62.6 Å². The number of fused-ring (bicyclic) bond motifs is 2. The van der Waals surface area contributed by atoms with Gasteiger partial charge in [0.1, 0.15) is 11.3 Å². The summed E-state index contributed by atoms with van der Waals surface area (Å²) in [6, 6.07) is 7.55. The summed E-state index contributed by atoms with van der Waals surface area (Å²) in [5.41, 5.74) is 9.56. The average molecular weight is 405 g/mol. The van der Waals surface area contributed by atoms with Crippen molar-refractivity contribution in [3.63, 3.8) is 0 Å². The van der Waals surface area contributed by atoms with E-state index in [9.17, 15) is 14.7 Å². The van der Waals surface area contributed by atoms with E-state index < -0.39 is 11.5 Å². The lowest BCUT2D eigenvalue weighted by Crippen LogP contribution is -2.60. The van der Waals surface area contributed by atoms with Crippen LogP contribution in [0.1, 0.15) is 52.0 Å². The Morgan fingerprint density at radius 3 is 2.77 bits per heavy atom. The number of carbonyl (C=O) groups excluding carboxylic acids is 1. The summed E-state index contributed by atoms with van der Waals surface area (Å²) in [4.78, 5) is 29.8. The van der Waals surface area contributed by atoms with E-state index in [0.717, 1.165) is 55.9 Å². The van der Waals surface area contributed by atoms with Gasteiger partial charge in [-0.1, -0.05) is 6.07 Å². The minimum atomic E-state index is -0.674. The molecule has 1 aromatic carbocycles. The molecule has 6 rings (SSSR count). The van der Waals surface area contributed by atoms with E-state index in [1.165, 1.54) is 30.5 Å². The molecule has 2 fully saturated rings. The lowest BCUT2D eigenvalue weighted by molar-refractivity contribution is 0.00114. The molecule has 1 aliphatic heterocycles. The van der Waals surface area contributed by atoms with Crippen LogP contribution in [0.3, 0.4) is 0 Å². The molecule has 0 unspecified atom stereocenters. The lowest BCUT2D eigenvalue weighted by Gasteiger charge is -2.56. The zero-order chi connectivity index (χ0) is 20.7. The van der Waals surface area contributed by atoms with Gasteiger partial charge in [-0.3, -0.25) is 9.59 Å². The number of hydrogen-bond donors (Lipinski definition) is 3. The third kappa shape index (κ3) is 2.46. The van der Waals surface area contributed by atoms with Crippen LogP contribution < -0.4 is 11.3 Å². The molecule has 1 aromatic heterocycles. The molecule has 2 atom stereocenters. The van der Waals surface area contributed by atoms with Crippen LogP contribution in [-0.2, 0) is 24.7 Å². The second kappa shape index (κ2) is 5.97. The summed E-state index contributed by atoms with van der Waals surface area (Å²) in [5, 5.41) is 10.3. The number of phenols is 1. The Kier molecular flexibility index (Phi) is 3.62. The predicted molar refractivity (Wildman–Crippen MR) is 113 cm³/mol. The Balaban J connectivity index is 1.50. The fourth-order valence-corrected chi connectivity index (χ4v) is 6.70. The van der Waals surface area contributed by atoms with Crippen molar-refractivity contribution in [2.24, 2.45) is 17.1 Å². The van der Waals surface area contributed by atoms with Gasteiger partial charge in [0.2, 0.25) is 0 Å². The number of primary amides is 1. The molecular weight excluding hydrogens is 378 g/mol. The van der Waals surface area contributed by atoms with Crippen LogP contribution in [0.5, 0.6) is 5.75 Å². The van der Waals surface area contributed by atoms with Gasteiger partial charge in [-0.05, 0) is 85.9 Å². The van der Waals surface area contributed by atoms with Crippen LogP contribution in [0.4, 0.5) is 0 Å². The molecule has 4 N–H and O–H groups in total. The summed E-state index contributed by atoms with van der Waals surface area (Å²) in [6.45, 7) is 3.24. The van der Waals surface area contributed by atoms with Crippen molar-refractivity contribution < 1.29 is 9.90 Å². The quantitative estimate of drug-likeness (QED) is 0.726. The Bertz CT molecular complexity index is 1140. The summed E-state index contributed by atoms with van der Waals surface area (Å²) < 4.78 is 0. The smallest absolute Gasteiger partial charge is 0.261 e. The summed E-state index contributed by atoms with van der Waals surface area (Å²) in [5.74, 6) is 0.477. The molecule has 0 spiro atoms. The number of carbonyl (C=O) groups is 1. The highest BCUT2D eigenvalue weighted by molar-refractivity contribution is 5.92. The minimum absolute atomic E-state index is 0.0103. The highest BCUT2D eigenvalue weighted by Gasteiger charge is 2.61. The standard InChI is InChI=1S/C24H27N3O3/c25-21(29)18-7-16-10-23-9-15-3-4-17(28)8-19(15)24(23,11-20(16)26-22(18)30)5-6-27(13-23)12-14-1-2-14/h3-4,7-8,14,28H,1-2,5-6,9-13H2,(H2,25,29)(H,26,30)/t23-,24-/m0/s1. The SMILES string of the molecule is NC(=O)c1cc2c([nH]c1=O)C[C@]13CCN(CC4CC4)C[C@]1(Cc1ccc(O)cc13)C2. The molecule has 0 radical (unpaired) electrons. The highest BCUT2D eigenvalue weighted by atomic mass is 16.3. The number of amides is 1. The molecule has 2 heterocycles. The average Bonchev–Trinajstić information content (AvgIpc) is 3.46. The molecule has 3 aliphatic carbocycles. The van der Waals surface area contributed by atoms with E-state index in [0.29, 0.717) is 5.75 Å². The van der Waals surface area contributed by atoms with Crippen molar-refractivity contribution >= 4 is 5.91 Å². The number of likely N-dealkylation sites (tertiary alicyclic amines) is 1. The predicted octanol–water partition coefficient (Wildman–Crippen LogP) is 1.87. The van der Waals surface area contributed by atoms with E-state index in [-0.39, 0.29) is 16.4 Å². The number of benzene rings is 1. The summed E-state index contributed by atoms with van der Waals surface area (Å²) in [7, 11) is 0. The van der Waals surface area contributed by atoms with Gasteiger partial charge in [0.15, 0.2) is 0 Å². The monoisotopic (exact) mass is 405 g/mol. The zero-order valence-electron chi connectivity index (χ0n) is 17.0. The fraction of sp³-hybridized carbons (Fsp3) is 0.500. The lowest BCUT2D eigenvalue weighted by atomic mass is 9.52. The van der Waals surface area contributed by atoms with Gasteiger partial charge in [-0.25, -0.2) is 0 Å². The van der Waals surface area contributed by atoms with Crippen LogP contribution in [-0.4, -0.2) is 40.5 Å². The van der Waals surface area contributed by atoms with Gasteiger partial charge in [0.05, 0.1) is 0 Å². The van der Waals surface area contributed by atoms with Gasteiger partial charge in [0.25, 0.3) is 11.5 Å². The first-order valence-electron chi connectivity index (χ1n) is 11.0. The number of aromatic hydroxyl groups is 1. The second-order valence-corrected chi connectivity index (χ2v) is 10.0.